The van der Waals surface area contributed by atoms with Gasteiger partial charge in [-0.3, -0.25) is 0 Å². The van der Waals surface area contributed by atoms with E-state index in [-0.39, 0.29) is 6.10 Å². The molecule has 0 atom stereocenters. The number of hydrogen-bond acceptors (Lipinski definition) is 1. The molecular weight excluding hydrogens is 1170 g/mol. The molecule has 7 aliphatic carbocycles. The normalized spacial score (nSPS) is 37.7. The van der Waals surface area contributed by atoms with Gasteiger partial charge in [-0.2, -0.15) is 8.78 Å². The third-order valence-electron chi connectivity index (χ3n) is 15.0. The van der Waals surface area contributed by atoms with Crippen LogP contribution < -0.4 is 0 Å². The van der Waals surface area contributed by atoms with Crippen molar-refractivity contribution in [2.75, 3.05) is 0 Å². The van der Waals surface area contributed by atoms with Gasteiger partial charge in [-0.15, -0.1) is 12.3 Å². The minimum absolute atomic E-state index is 0.243. The van der Waals surface area contributed by atoms with E-state index in [1.54, 1.807) is 20.3 Å². The van der Waals surface area contributed by atoms with E-state index in [4.69, 9.17) is 11.2 Å². The van der Waals surface area contributed by atoms with Crippen LogP contribution in [0.15, 0.2) is 0 Å². The molecule has 0 heterocycles. The third-order valence-corrected chi connectivity index (χ3v) is 18.1. The fourth-order valence-corrected chi connectivity index (χ4v) is 11.9. The van der Waals surface area contributed by atoms with Gasteiger partial charge in [0.1, 0.15) is 0 Å². The van der Waals surface area contributed by atoms with Crippen LogP contribution in [0.3, 0.4) is 0 Å². The maximum absolute atomic E-state index is 14.6. The van der Waals surface area contributed by atoms with Gasteiger partial charge in [0, 0.05) is 43.2 Å². The van der Waals surface area contributed by atoms with Gasteiger partial charge in [-0.05, 0) is 203 Å². The second kappa shape index (κ2) is 32.2. The van der Waals surface area contributed by atoms with Crippen molar-refractivity contribution in [1.82, 2.24) is 0 Å². The topological polar surface area (TPSA) is 9.23 Å². The second-order valence-corrected chi connectivity index (χ2v) is 24.9. The van der Waals surface area contributed by atoms with Crippen LogP contribution in [0, 0.1) is 95.2 Å². The first-order chi connectivity index (χ1) is 29.3. The van der Waals surface area contributed by atoms with Crippen LogP contribution in [0.4, 0.5) is 8.78 Å². The van der Waals surface area contributed by atoms with Crippen molar-refractivity contribution in [3.8, 4) is 36.0 Å². The van der Waals surface area contributed by atoms with Crippen LogP contribution in [-0.2, 0) is 17.5 Å². The first kappa shape index (κ1) is 56.8. The molecule has 0 aromatic rings. The van der Waals surface area contributed by atoms with Crippen molar-refractivity contribution in [2.24, 2.45) is 59.2 Å². The molecule has 7 rings (SSSR count). The number of alkyl halides is 5. The molecule has 7 fully saturated rings. The Morgan fingerprint density at radius 1 is 0.459 bits per heavy atom. The summed E-state index contributed by atoms with van der Waals surface area (Å²) < 4.78 is 35.4. The number of hydrogen-bond donors (Lipinski definition) is 0. The zero-order chi connectivity index (χ0) is 44.6. The molecule has 0 unspecified atom stereocenters. The van der Waals surface area contributed by atoms with Crippen LogP contribution in [-0.4, -0.2) is 25.8 Å². The number of terminal acetylenes is 1. The van der Waals surface area contributed by atoms with Crippen molar-refractivity contribution in [3.63, 3.8) is 0 Å². The van der Waals surface area contributed by atoms with Gasteiger partial charge in [0.05, 0.1) is 12.0 Å². The summed E-state index contributed by atoms with van der Waals surface area (Å²) in [7, 11) is 0. The van der Waals surface area contributed by atoms with Crippen LogP contribution >= 0.6 is 74.8 Å². The number of rotatable bonds is 3. The molecule has 0 aromatic heterocycles. The fourth-order valence-electron chi connectivity index (χ4n) is 10.2. The predicted octanol–water partition coefficient (Wildman–Crippen LogP) is 18.0. The molecule has 7 saturated carbocycles. The monoisotopic (exact) mass is 1250 g/mol. The van der Waals surface area contributed by atoms with E-state index in [0.29, 0.717) is 42.4 Å². The molecule has 0 amide bonds. The van der Waals surface area contributed by atoms with E-state index in [2.05, 4.69) is 125 Å². The molecule has 0 saturated heterocycles. The van der Waals surface area contributed by atoms with E-state index in [1.807, 2.05) is 0 Å². The van der Waals surface area contributed by atoms with Gasteiger partial charge in [0.15, 0.2) is 0 Å². The molecule has 61 heavy (non-hydrogen) atoms. The van der Waals surface area contributed by atoms with Gasteiger partial charge in [0.25, 0.3) is 0 Å². The third kappa shape index (κ3) is 24.3. The van der Waals surface area contributed by atoms with Gasteiger partial charge < -0.3 is 4.74 Å². The zero-order valence-corrected chi connectivity index (χ0v) is 46.9. The van der Waals surface area contributed by atoms with Crippen molar-refractivity contribution in [1.29, 1.82) is 0 Å². The Morgan fingerprint density at radius 2 is 0.738 bits per heavy atom. The van der Waals surface area contributed by atoms with Gasteiger partial charge in [-0.25, -0.2) is 0 Å². The Kier molecular flexibility index (Phi) is 30.0. The van der Waals surface area contributed by atoms with E-state index in [1.165, 1.54) is 128 Å². The summed E-state index contributed by atoms with van der Waals surface area (Å²) in [6.07, 6.45) is 35.0. The molecule has 354 valence electrons. The fraction of sp³-hybridized carbons (Fsp3) is 0.887. The second-order valence-electron chi connectivity index (χ2n) is 20.5. The van der Waals surface area contributed by atoms with Crippen molar-refractivity contribution < 1.29 is 26.3 Å². The number of halogens is 6. The first-order valence-electron chi connectivity index (χ1n) is 24.8. The Labute approximate surface area is 425 Å². The molecule has 8 heteroatoms. The first-order valence-corrected chi connectivity index (χ1v) is 31.0. The molecule has 0 N–H and O–H groups in total. The molecule has 0 bridgehead atoms. The van der Waals surface area contributed by atoms with E-state index in [9.17, 15) is 8.78 Å². The van der Waals surface area contributed by atoms with Crippen LogP contribution in [0.5, 0.6) is 0 Å². The Bertz CT molecular complexity index is 1260. The summed E-state index contributed by atoms with van der Waals surface area (Å²) in [4.78, 5) is 1.59. The SMILES string of the molecule is BrC1CCC(I)CC1.C#CC1CCC(C)CC1.CC1CCC(C#CC2CCC(Br)CC2)CC1.CC1CCC(C#CC2CCC(C(F)(F)OC3CCC(C)CC3)CC2)CC1.[Cu][I]. The molecule has 0 radical (unpaired) electrons. The standard InChI is InChI=1S/C23H36F2O.C15H23Br.C9H14.C6H10BrI.Cu.HI/c1-17-3-7-19(8-4-17)9-10-20-11-13-21(14-12-20)23(24,25)26-22-15-5-18(2)6-16-22;1-12-2-4-13(5-3-12)6-7-14-8-10-15(16)11-9-14;1-3-9-6-4-8(2)5-7-9;7-5-1-3-6(8)4-2-5;;/h17-22H,3-8,11-16H2,1-2H3;12-15H,2-5,8-11H2,1H3;1,8-9H,4-7H2,2H3;5-6H,1-4H2;;1H/q;;;;+1;/p-1. The molecule has 0 aromatic carbocycles. The molecule has 0 aliphatic heterocycles. The summed E-state index contributed by atoms with van der Waals surface area (Å²) >= 11 is 15.7. The van der Waals surface area contributed by atoms with Crippen molar-refractivity contribution in [2.45, 2.75) is 233 Å². The zero-order valence-electron chi connectivity index (χ0n) is 38.4. The Hall–Kier alpha value is 1.44. The number of ether oxygens (including phenoxy) is 1. The van der Waals surface area contributed by atoms with Gasteiger partial charge in [-0.1, -0.05) is 106 Å². The van der Waals surface area contributed by atoms with E-state index in [0.717, 1.165) is 75.8 Å². The quantitative estimate of drug-likeness (QED) is 0.118. The average Bonchev–Trinajstić information content (AvgIpc) is 3.27. The summed E-state index contributed by atoms with van der Waals surface area (Å²) in [5.41, 5.74) is 0. The van der Waals surface area contributed by atoms with Crippen LogP contribution in [0.2, 0.25) is 0 Å². The predicted molar refractivity (Wildman–Crippen MR) is 278 cm³/mol. The van der Waals surface area contributed by atoms with Gasteiger partial charge in [0.2, 0.25) is 0 Å². The Balaban J connectivity index is 0.000000239. The molecule has 1 nitrogen and oxygen atoms in total. The van der Waals surface area contributed by atoms with Crippen LogP contribution in [0.25, 0.3) is 0 Å². The minimum atomic E-state index is -2.96. The Morgan fingerprint density at radius 3 is 1.07 bits per heavy atom. The van der Waals surface area contributed by atoms with E-state index < -0.39 is 12.0 Å². The average molecular weight is 1250 g/mol. The van der Waals surface area contributed by atoms with Gasteiger partial charge >= 0.3 is 39.2 Å². The summed E-state index contributed by atoms with van der Waals surface area (Å²) in [6, 6.07) is 0. The summed E-state index contributed by atoms with van der Waals surface area (Å²) in [5, 5.41) is 0. The van der Waals surface area contributed by atoms with Crippen molar-refractivity contribution >= 4 is 74.8 Å². The molecule has 0 spiro atoms. The van der Waals surface area contributed by atoms with Crippen molar-refractivity contribution in [3.05, 3.63) is 0 Å². The summed E-state index contributed by atoms with van der Waals surface area (Å²) in [5.74, 6) is 22.5. The molecule has 7 aliphatic rings. The summed E-state index contributed by atoms with van der Waals surface area (Å²) in [6.45, 7) is 9.21. The van der Waals surface area contributed by atoms with Crippen LogP contribution in [0.1, 0.15) is 207 Å². The molecular formula is C53H83Br2CuF2I2O. The van der Waals surface area contributed by atoms with E-state index >= 15 is 0 Å². The maximum atomic E-state index is 14.6.